The Balaban J connectivity index is 0.000000405. The van der Waals surface area contributed by atoms with E-state index in [-0.39, 0.29) is 12.4 Å². The summed E-state index contributed by atoms with van der Waals surface area (Å²) in [5, 5.41) is 3.40. The van der Waals surface area contributed by atoms with Crippen molar-refractivity contribution in [1.82, 2.24) is 5.32 Å². The first-order chi connectivity index (χ1) is 3.81. The third-order valence-corrected chi connectivity index (χ3v) is 2.80. The van der Waals surface area contributed by atoms with E-state index < -0.39 is 0 Å². The van der Waals surface area contributed by atoms with Gasteiger partial charge in [0.2, 0.25) is 0 Å². The highest BCUT2D eigenvalue weighted by atomic mass is 35.5. The Morgan fingerprint density at radius 3 is 2.78 bits per heavy atom. The van der Waals surface area contributed by atoms with Gasteiger partial charge in [-0.1, -0.05) is 6.92 Å². The monoisotopic (exact) mass is 147 g/mol. The van der Waals surface area contributed by atoms with Gasteiger partial charge in [0.15, 0.2) is 0 Å². The first-order valence-corrected chi connectivity index (χ1v) is 3.52. The normalized spacial score (nSPS) is 47.0. The second-order valence-electron chi connectivity index (χ2n) is 3.51. The highest BCUT2D eigenvalue weighted by Gasteiger charge is 2.50. The van der Waals surface area contributed by atoms with E-state index in [2.05, 4.69) is 12.2 Å². The van der Waals surface area contributed by atoms with Gasteiger partial charge >= 0.3 is 0 Å². The van der Waals surface area contributed by atoms with E-state index >= 15 is 0 Å². The van der Waals surface area contributed by atoms with Crippen LogP contribution in [-0.2, 0) is 0 Å². The van der Waals surface area contributed by atoms with Gasteiger partial charge in [-0.15, -0.1) is 12.4 Å². The van der Waals surface area contributed by atoms with Crippen LogP contribution in [-0.4, -0.2) is 13.1 Å². The van der Waals surface area contributed by atoms with Gasteiger partial charge in [-0.05, 0) is 37.3 Å². The van der Waals surface area contributed by atoms with E-state index in [1.54, 1.807) is 0 Å². The molecule has 0 amide bonds. The van der Waals surface area contributed by atoms with Gasteiger partial charge in [0, 0.05) is 0 Å². The van der Waals surface area contributed by atoms with E-state index in [0.717, 1.165) is 11.3 Å². The summed E-state index contributed by atoms with van der Waals surface area (Å²) in [6, 6.07) is 0. The van der Waals surface area contributed by atoms with Crippen molar-refractivity contribution in [2.75, 3.05) is 13.1 Å². The Morgan fingerprint density at radius 2 is 2.33 bits per heavy atom. The predicted octanol–water partition coefficient (Wildman–Crippen LogP) is 1.43. The fraction of sp³-hybridized carbons (Fsp3) is 1.00. The quantitative estimate of drug-likeness (QED) is 0.547. The van der Waals surface area contributed by atoms with Crippen LogP contribution in [0.4, 0.5) is 0 Å². The van der Waals surface area contributed by atoms with Crippen molar-refractivity contribution in [1.29, 1.82) is 0 Å². The molecule has 2 unspecified atom stereocenters. The lowest BCUT2D eigenvalue weighted by Gasteiger charge is -2.17. The maximum absolute atomic E-state index is 3.40. The van der Waals surface area contributed by atoms with E-state index in [1.165, 1.54) is 25.9 Å². The molecular weight excluding hydrogens is 134 g/mol. The summed E-state index contributed by atoms with van der Waals surface area (Å²) in [6.45, 7) is 4.96. The fourth-order valence-electron chi connectivity index (χ4n) is 1.78. The van der Waals surface area contributed by atoms with E-state index in [0.29, 0.717) is 0 Å². The Labute approximate surface area is 62.6 Å². The zero-order valence-electron chi connectivity index (χ0n) is 5.81. The molecule has 2 aliphatic rings. The molecule has 1 saturated heterocycles. The Kier molecular flexibility index (Phi) is 1.75. The van der Waals surface area contributed by atoms with Crippen molar-refractivity contribution in [3.8, 4) is 0 Å². The number of hydrogen-bond acceptors (Lipinski definition) is 1. The molecule has 0 aromatic heterocycles. The molecule has 2 rings (SSSR count). The zero-order chi connectivity index (χ0) is 5.61. The summed E-state index contributed by atoms with van der Waals surface area (Å²) in [4.78, 5) is 0. The van der Waals surface area contributed by atoms with Crippen molar-refractivity contribution < 1.29 is 0 Å². The molecule has 1 aliphatic carbocycles. The lowest BCUT2D eigenvalue weighted by Crippen LogP contribution is -2.27. The van der Waals surface area contributed by atoms with Crippen LogP contribution in [0.5, 0.6) is 0 Å². The van der Waals surface area contributed by atoms with E-state index in [4.69, 9.17) is 0 Å². The maximum atomic E-state index is 3.40. The van der Waals surface area contributed by atoms with Crippen molar-refractivity contribution in [2.45, 2.75) is 19.8 Å². The number of hydrogen-bond donors (Lipinski definition) is 1. The first kappa shape index (κ1) is 7.36. The molecule has 9 heavy (non-hydrogen) atoms. The predicted molar refractivity (Wildman–Crippen MR) is 40.9 cm³/mol. The van der Waals surface area contributed by atoms with Crippen LogP contribution < -0.4 is 5.32 Å². The van der Waals surface area contributed by atoms with Gasteiger partial charge in [0.25, 0.3) is 0 Å². The van der Waals surface area contributed by atoms with Crippen LogP contribution >= 0.6 is 12.4 Å². The minimum absolute atomic E-state index is 0. The Morgan fingerprint density at radius 1 is 1.56 bits per heavy atom. The van der Waals surface area contributed by atoms with Crippen LogP contribution in [0, 0.1) is 11.3 Å². The number of fused-ring (bicyclic) bond motifs is 1. The lowest BCUT2D eigenvalue weighted by atomic mass is 9.99. The standard InChI is InChI=1S/C7H13N.ClH/c1-7-2-3-8-5-6(7)4-7;/h6,8H,2-5H2,1H3;1H. The largest absolute Gasteiger partial charge is 0.316 e. The molecule has 0 bridgehead atoms. The van der Waals surface area contributed by atoms with Gasteiger partial charge in [-0.2, -0.15) is 0 Å². The Bertz CT molecular complexity index is 113. The molecule has 1 nitrogen and oxygen atoms in total. The molecule has 1 heterocycles. The van der Waals surface area contributed by atoms with Crippen molar-refractivity contribution in [3.63, 3.8) is 0 Å². The lowest BCUT2D eigenvalue weighted by molar-refractivity contribution is 0.382. The molecule has 0 radical (unpaired) electrons. The maximum Gasteiger partial charge on any atom is -0.00151 e. The molecular formula is C7H14ClN. The van der Waals surface area contributed by atoms with Crippen LogP contribution in [0.3, 0.4) is 0 Å². The van der Waals surface area contributed by atoms with Gasteiger partial charge in [-0.3, -0.25) is 0 Å². The molecule has 1 saturated carbocycles. The third-order valence-electron chi connectivity index (χ3n) is 2.80. The van der Waals surface area contributed by atoms with Gasteiger partial charge in [-0.25, -0.2) is 0 Å². The van der Waals surface area contributed by atoms with Crippen molar-refractivity contribution in [2.24, 2.45) is 11.3 Å². The SMILES string of the molecule is CC12CCNCC1C2.Cl. The topological polar surface area (TPSA) is 12.0 Å². The highest BCUT2D eigenvalue weighted by Crippen LogP contribution is 2.55. The smallest absolute Gasteiger partial charge is 0.00151 e. The van der Waals surface area contributed by atoms with Crippen LogP contribution in [0.2, 0.25) is 0 Å². The molecule has 2 fully saturated rings. The molecule has 0 spiro atoms. The summed E-state index contributed by atoms with van der Waals surface area (Å²) in [7, 11) is 0. The second kappa shape index (κ2) is 2.14. The van der Waals surface area contributed by atoms with E-state index in [1.807, 2.05) is 0 Å². The molecule has 2 atom stereocenters. The van der Waals surface area contributed by atoms with Gasteiger partial charge in [0.05, 0.1) is 0 Å². The van der Waals surface area contributed by atoms with E-state index in [9.17, 15) is 0 Å². The van der Waals surface area contributed by atoms with Crippen LogP contribution in [0.1, 0.15) is 19.8 Å². The van der Waals surface area contributed by atoms with Crippen LogP contribution in [0.15, 0.2) is 0 Å². The fourth-order valence-corrected chi connectivity index (χ4v) is 1.78. The summed E-state index contributed by atoms with van der Waals surface area (Å²) in [6.07, 6.45) is 2.90. The van der Waals surface area contributed by atoms with Crippen LogP contribution in [0.25, 0.3) is 0 Å². The number of piperidine rings is 1. The molecule has 1 aliphatic heterocycles. The summed E-state index contributed by atoms with van der Waals surface area (Å²) in [5.41, 5.74) is 0.783. The van der Waals surface area contributed by atoms with Gasteiger partial charge < -0.3 is 5.32 Å². The second-order valence-corrected chi connectivity index (χ2v) is 3.51. The summed E-state index contributed by atoms with van der Waals surface area (Å²) < 4.78 is 0. The minimum atomic E-state index is 0. The number of halogens is 1. The average molecular weight is 148 g/mol. The summed E-state index contributed by atoms with van der Waals surface area (Å²) >= 11 is 0. The molecule has 0 aromatic rings. The number of rotatable bonds is 0. The molecule has 0 aromatic carbocycles. The summed E-state index contributed by atoms with van der Waals surface area (Å²) in [5.74, 6) is 1.04. The average Bonchev–Trinajstić information content (AvgIpc) is 2.39. The molecule has 2 heteroatoms. The van der Waals surface area contributed by atoms with Gasteiger partial charge in [0.1, 0.15) is 0 Å². The third kappa shape index (κ3) is 1.08. The van der Waals surface area contributed by atoms with Crippen molar-refractivity contribution in [3.05, 3.63) is 0 Å². The molecule has 54 valence electrons. The minimum Gasteiger partial charge on any atom is -0.316 e. The first-order valence-electron chi connectivity index (χ1n) is 3.52. The number of nitrogens with one attached hydrogen (secondary N) is 1. The highest BCUT2D eigenvalue weighted by molar-refractivity contribution is 5.85. The van der Waals surface area contributed by atoms with Crippen molar-refractivity contribution >= 4 is 12.4 Å². The molecule has 1 N–H and O–H groups in total. The zero-order valence-corrected chi connectivity index (χ0v) is 6.63. The Hall–Kier alpha value is 0.250.